The summed E-state index contributed by atoms with van der Waals surface area (Å²) in [4.78, 5) is 18.2. The van der Waals surface area contributed by atoms with Gasteiger partial charge in [-0.2, -0.15) is 0 Å². The van der Waals surface area contributed by atoms with Crippen molar-refractivity contribution < 1.29 is 4.79 Å². The molecule has 0 aliphatic heterocycles. The van der Waals surface area contributed by atoms with E-state index in [9.17, 15) is 4.79 Å². The Bertz CT molecular complexity index is 554. The van der Waals surface area contributed by atoms with Crippen molar-refractivity contribution >= 4 is 21.7 Å². The van der Waals surface area contributed by atoms with Crippen LogP contribution in [0.3, 0.4) is 0 Å². The minimum Gasteiger partial charge on any atom is -0.299 e. The van der Waals surface area contributed by atoms with Crippen LogP contribution in [0.1, 0.15) is 15.9 Å². The molecule has 0 amide bonds. The number of hydrogen-bond donors (Lipinski definition) is 0. The average molecular weight is 333 g/mol. The molecule has 0 fully saturated rings. The van der Waals surface area contributed by atoms with E-state index in [0.717, 1.165) is 23.0 Å². The summed E-state index contributed by atoms with van der Waals surface area (Å²) < 4.78 is 0.986. The fraction of sp³-hybridized carbons (Fsp3) is 0.250. The van der Waals surface area contributed by atoms with Gasteiger partial charge in [0.2, 0.25) is 0 Å². The molecule has 0 atom stereocenters. The Hall–Kier alpha value is -1.52. The summed E-state index contributed by atoms with van der Waals surface area (Å²) in [6, 6.07) is 11.5. The molecule has 104 valence electrons. The van der Waals surface area contributed by atoms with Gasteiger partial charge >= 0.3 is 0 Å². The Balaban J connectivity index is 1.83. The first-order chi connectivity index (χ1) is 9.65. The summed E-state index contributed by atoms with van der Waals surface area (Å²) in [5.41, 5.74) is 1.99. The van der Waals surface area contributed by atoms with Gasteiger partial charge < -0.3 is 0 Å². The number of hydrogen-bond acceptors (Lipinski definition) is 3. The van der Waals surface area contributed by atoms with Crippen LogP contribution in [0.4, 0.5) is 0 Å². The molecular weight excluding hydrogens is 316 g/mol. The van der Waals surface area contributed by atoms with Crippen molar-refractivity contribution in [3.05, 3.63) is 64.4 Å². The lowest BCUT2D eigenvalue weighted by atomic mass is 10.1. The zero-order chi connectivity index (χ0) is 14.4. The highest BCUT2D eigenvalue weighted by molar-refractivity contribution is 9.10. The molecule has 0 radical (unpaired) electrons. The number of halogens is 1. The third-order valence-electron chi connectivity index (χ3n) is 3.11. The van der Waals surface area contributed by atoms with Gasteiger partial charge in [-0.05, 0) is 43.3 Å². The van der Waals surface area contributed by atoms with E-state index in [1.807, 2.05) is 48.3 Å². The first-order valence-electron chi connectivity index (χ1n) is 6.51. The van der Waals surface area contributed by atoms with Crippen LogP contribution in [0.5, 0.6) is 0 Å². The fourth-order valence-electron chi connectivity index (χ4n) is 1.92. The molecule has 0 spiro atoms. The number of rotatable bonds is 6. The van der Waals surface area contributed by atoms with E-state index in [2.05, 4.69) is 20.9 Å². The van der Waals surface area contributed by atoms with E-state index >= 15 is 0 Å². The van der Waals surface area contributed by atoms with Gasteiger partial charge in [-0.25, -0.2) is 0 Å². The molecule has 1 aromatic heterocycles. The first kappa shape index (κ1) is 14.9. The number of Topliss-reactive ketones (excluding diaryl/α,β-unsaturated/α-hetero) is 1. The molecule has 2 rings (SSSR count). The van der Waals surface area contributed by atoms with Crippen LogP contribution in [-0.2, 0) is 6.42 Å². The molecule has 0 saturated heterocycles. The number of carbonyl (C=O) groups excluding carboxylic acids is 1. The minimum absolute atomic E-state index is 0.148. The lowest BCUT2D eigenvalue weighted by Gasteiger charge is -2.15. The highest BCUT2D eigenvalue weighted by atomic mass is 79.9. The second-order valence-corrected chi connectivity index (χ2v) is 5.69. The van der Waals surface area contributed by atoms with E-state index in [1.165, 1.54) is 5.56 Å². The van der Waals surface area contributed by atoms with Gasteiger partial charge in [0.25, 0.3) is 0 Å². The Morgan fingerprint density at radius 1 is 1.15 bits per heavy atom. The van der Waals surface area contributed by atoms with Crippen LogP contribution in [0.25, 0.3) is 0 Å². The maximum Gasteiger partial charge on any atom is 0.176 e. The molecule has 0 bridgehead atoms. The van der Waals surface area contributed by atoms with Gasteiger partial charge in [0, 0.05) is 29.0 Å². The van der Waals surface area contributed by atoms with Gasteiger partial charge in [-0.15, -0.1) is 0 Å². The van der Waals surface area contributed by atoms with E-state index in [4.69, 9.17) is 0 Å². The topological polar surface area (TPSA) is 33.2 Å². The summed E-state index contributed by atoms with van der Waals surface area (Å²) in [7, 11) is 1.97. The second kappa shape index (κ2) is 7.31. The fourth-order valence-corrected chi connectivity index (χ4v) is 2.19. The Labute approximate surface area is 127 Å². The summed E-state index contributed by atoms with van der Waals surface area (Å²) in [5, 5.41) is 0. The van der Waals surface area contributed by atoms with Crippen molar-refractivity contribution in [3.8, 4) is 0 Å². The monoisotopic (exact) mass is 332 g/mol. The molecule has 2 aromatic rings. The predicted molar refractivity (Wildman–Crippen MR) is 83.9 cm³/mol. The molecule has 0 unspecified atom stereocenters. The lowest BCUT2D eigenvalue weighted by molar-refractivity contribution is 0.0947. The summed E-state index contributed by atoms with van der Waals surface area (Å²) in [5.74, 6) is 0.148. The molecule has 0 aliphatic carbocycles. The van der Waals surface area contributed by atoms with Crippen molar-refractivity contribution in [3.63, 3.8) is 0 Å². The van der Waals surface area contributed by atoms with Gasteiger partial charge in [0.1, 0.15) is 0 Å². The highest BCUT2D eigenvalue weighted by Gasteiger charge is 2.09. The molecule has 0 aliphatic rings. The normalized spacial score (nSPS) is 10.8. The van der Waals surface area contributed by atoms with Crippen molar-refractivity contribution in [2.75, 3.05) is 20.1 Å². The van der Waals surface area contributed by atoms with E-state index in [1.54, 1.807) is 12.4 Å². The first-order valence-corrected chi connectivity index (χ1v) is 7.30. The van der Waals surface area contributed by atoms with Crippen LogP contribution in [0.2, 0.25) is 0 Å². The predicted octanol–water partition coefficient (Wildman–Crippen LogP) is 3.20. The summed E-state index contributed by atoms with van der Waals surface area (Å²) >= 11 is 3.37. The molecular formula is C16H17BrN2O. The molecule has 1 aromatic carbocycles. The van der Waals surface area contributed by atoms with Crippen molar-refractivity contribution in [2.45, 2.75) is 6.42 Å². The molecule has 1 heterocycles. The number of pyridine rings is 1. The quantitative estimate of drug-likeness (QED) is 0.761. The van der Waals surface area contributed by atoms with E-state index in [0.29, 0.717) is 6.54 Å². The van der Waals surface area contributed by atoms with Gasteiger partial charge in [-0.1, -0.05) is 28.1 Å². The van der Waals surface area contributed by atoms with Crippen LogP contribution < -0.4 is 0 Å². The van der Waals surface area contributed by atoms with Crippen molar-refractivity contribution in [2.24, 2.45) is 0 Å². The summed E-state index contributed by atoms with van der Waals surface area (Å²) in [6.45, 7) is 1.29. The maximum absolute atomic E-state index is 12.1. The van der Waals surface area contributed by atoms with E-state index in [-0.39, 0.29) is 5.78 Å². The second-order valence-electron chi connectivity index (χ2n) is 4.77. The average Bonchev–Trinajstić information content (AvgIpc) is 2.47. The SMILES string of the molecule is CN(CCc1ccncc1)CC(=O)c1ccc(Br)cc1. The number of aromatic nitrogens is 1. The lowest BCUT2D eigenvalue weighted by Crippen LogP contribution is -2.28. The number of ketones is 1. The number of nitrogens with zero attached hydrogens (tertiary/aromatic N) is 2. The number of carbonyl (C=O) groups is 1. The van der Waals surface area contributed by atoms with Crippen LogP contribution in [0, 0.1) is 0 Å². The van der Waals surface area contributed by atoms with Crippen LogP contribution in [-0.4, -0.2) is 35.8 Å². The van der Waals surface area contributed by atoms with Gasteiger partial charge in [0.05, 0.1) is 6.54 Å². The molecule has 4 heteroatoms. The molecule has 0 N–H and O–H groups in total. The van der Waals surface area contributed by atoms with Crippen molar-refractivity contribution in [1.82, 2.24) is 9.88 Å². The summed E-state index contributed by atoms with van der Waals surface area (Å²) in [6.07, 6.45) is 4.51. The zero-order valence-corrected chi connectivity index (χ0v) is 13.0. The molecule has 3 nitrogen and oxygen atoms in total. The van der Waals surface area contributed by atoms with E-state index < -0.39 is 0 Å². The number of benzene rings is 1. The van der Waals surface area contributed by atoms with Gasteiger partial charge in [-0.3, -0.25) is 14.7 Å². The molecule has 0 saturated carbocycles. The molecule has 20 heavy (non-hydrogen) atoms. The largest absolute Gasteiger partial charge is 0.299 e. The highest BCUT2D eigenvalue weighted by Crippen LogP contribution is 2.11. The number of likely N-dealkylation sites (N-methyl/N-ethyl adjacent to an activating group) is 1. The zero-order valence-electron chi connectivity index (χ0n) is 11.4. The standard InChI is InChI=1S/C16H17BrN2O/c1-19(11-8-13-6-9-18-10-7-13)12-16(20)14-2-4-15(17)5-3-14/h2-7,9-10H,8,11-12H2,1H3. The van der Waals surface area contributed by atoms with Crippen LogP contribution >= 0.6 is 15.9 Å². The van der Waals surface area contributed by atoms with Crippen LogP contribution in [0.15, 0.2) is 53.3 Å². The smallest absolute Gasteiger partial charge is 0.176 e. The van der Waals surface area contributed by atoms with Crippen molar-refractivity contribution in [1.29, 1.82) is 0 Å². The van der Waals surface area contributed by atoms with Gasteiger partial charge in [0.15, 0.2) is 5.78 Å². The minimum atomic E-state index is 0.148. The third-order valence-corrected chi connectivity index (χ3v) is 3.64. The Morgan fingerprint density at radius 2 is 1.80 bits per heavy atom. The Morgan fingerprint density at radius 3 is 2.45 bits per heavy atom. The third kappa shape index (κ3) is 4.54. The maximum atomic E-state index is 12.1. The Kier molecular flexibility index (Phi) is 5.44.